The van der Waals surface area contributed by atoms with Crippen LogP contribution in [-0.2, 0) is 9.53 Å². The standard InChI is InChI=1S/C21H24N2O3/c1-2-26-20(24)18-9-6-14-23(15-18)21(25)22-19-12-10-17(11-13-19)16-7-4-3-5-8-16/h3-5,7-8,10-13,18H,2,6,9,14-15H2,1H3,(H,22,25). The van der Waals surface area contributed by atoms with Gasteiger partial charge in [-0.05, 0) is 43.0 Å². The summed E-state index contributed by atoms with van der Waals surface area (Å²) < 4.78 is 5.09. The fourth-order valence-corrected chi connectivity index (χ4v) is 3.19. The van der Waals surface area contributed by atoms with Gasteiger partial charge in [-0.1, -0.05) is 42.5 Å². The van der Waals surface area contributed by atoms with Crippen LogP contribution in [0.1, 0.15) is 19.8 Å². The van der Waals surface area contributed by atoms with Crippen LogP contribution in [0.3, 0.4) is 0 Å². The number of urea groups is 1. The molecule has 26 heavy (non-hydrogen) atoms. The first-order chi connectivity index (χ1) is 12.7. The number of rotatable bonds is 4. The number of anilines is 1. The van der Waals surface area contributed by atoms with Crippen LogP contribution >= 0.6 is 0 Å². The van der Waals surface area contributed by atoms with Crippen molar-refractivity contribution in [1.29, 1.82) is 0 Å². The van der Waals surface area contributed by atoms with E-state index in [1.54, 1.807) is 11.8 Å². The molecule has 1 unspecified atom stereocenters. The number of nitrogens with one attached hydrogen (secondary N) is 1. The van der Waals surface area contributed by atoms with Gasteiger partial charge in [0.05, 0.1) is 12.5 Å². The van der Waals surface area contributed by atoms with E-state index in [2.05, 4.69) is 17.4 Å². The first-order valence-corrected chi connectivity index (χ1v) is 9.05. The average molecular weight is 352 g/mol. The largest absolute Gasteiger partial charge is 0.466 e. The van der Waals surface area contributed by atoms with E-state index in [4.69, 9.17) is 4.74 Å². The van der Waals surface area contributed by atoms with Gasteiger partial charge in [-0.15, -0.1) is 0 Å². The maximum atomic E-state index is 12.5. The highest BCUT2D eigenvalue weighted by atomic mass is 16.5. The fraction of sp³-hybridized carbons (Fsp3) is 0.333. The molecule has 1 aliphatic heterocycles. The molecular formula is C21H24N2O3. The summed E-state index contributed by atoms with van der Waals surface area (Å²) in [6.07, 6.45) is 1.58. The normalized spacial score (nSPS) is 16.8. The molecule has 0 radical (unpaired) electrons. The molecule has 2 aromatic rings. The van der Waals surface area contributed by atoms with E-state index in [1.807, 2.05) is 42.5 Å². The van der Waals surface area contributed by atoms with Crippen LogP contribution in [0.25, 0.3) is 11.1 Å². The second kappa shape index (κ2) is 8.52. The number of piperidine rings is 1. The van der Waals surface area contributed by atoms with Crippen LogP contribution in [0.15, 0.2) is 54.6 Å². The molecule has 1 fully saturated rings. The topological polar surface area (TPSA) is 58.6 Å². The molecule has 3 rings (SSSR count). The Morgan fingerprint density at radius 3 is 2.46 bits per heavy atom. The molecule has 2 amide bonds. The van der Waals surface area contributed by atoms with E-state index in [9.17, 15) is 9.59 Å². The van der Waals surface area contributed by atoms with E-state index >= 15 is 0 Å². The highest BCUT2D eigenvalue weighted by Gasteiger charge is 2.29. The number of esters is 1. The van der Waals surface area contributed by atoms with E-state index < -0.39 is 0 Å². The minimum absolute atomic E-state index is 0.175. The van der Waals surface area contributed by atoms with E-state index in [0.29, 0.717) is 19.7 Å². The molecule has 0 aromatic heterocycles. The van der Waals surface area contributed by atoms with Gasteiger partial charge in [0.2, 0.25) is 0 Å². The molecule has 5 heteroatoms. The van der Waals surface area contributed by atoms with Crippen LogP contribution in [0.2, 0.25) is 0 Å². The Bertz CT molecular complexity index is 744. The lowest BCUT2D eigenvalue weighted by Crippen LogP contribution is -2.44. The molecule has 2 aromatic carbocycles. The van der Waals surface area contributed by atoms with Crippen molar-refractivity contribution in [1.82, 2.24) is 4.90 Å². The van der Waals surface area contributed by atoms with Gasteiger partial charge >= 0.3 is 12.0 Å². The molecule has 0 saturated carbocycles. The van der Waals surface area contributed by atoms with Gasteiger partial charge in [-0.2, -0.15) is 0 Å². The second-order valence-electron chi connectivity index (χ2n) is 6.41. The lowest BCUT2D eigenvalue weighted by Gasteiger charge is -2.31. The van der Waals surface area contributed by atoms with Crippen molar-refractivity contribution in [3.05, 3.63) is 54.6 Å². The van der Waals surface area contributed by atoms with Gasteiger partial charge in [0.1, 0.15) is 0 Å². The maximum absolute atomic E-state index is 12.5. The number of carbonyl (C=O) groups is 2. The molecular weight excluding hydrogens is 328 g/mol. The zero-order chi connectivity index (χ0) is 18.4. The summed E-state index contributed by atoms with van der Waals surface area (Å²) >= 11 is 0. The zero-order valence-corrected chi connectivity index (χ0v) is 15.0. The van der Waals surface area contributed by atoms with Gasteiger partial charge in [0, 0.05) is 18.8 Å². The lowest BCUT2D eigenvalue weighted by molar-refractivity contribution is -0.149. The fourth-order valence-electron chi connectivity index (χ4n) is 3.19. The summed E-state index contributed by atoms with van der Waals surface area (Å²) in [6, 6.07) is 17.7. The first-order valence-electron chi connectivity index (χ1n) is 9.05. The highest BCUT2D eigenvalue weighted by Crippen LogP contribution is 2.22. The lowest BCUT2D eigenvalue weighted by atomic mass is 9.98. The summed E-state index contributed by atoms with van der Waals surface area (Å²) in [5.74, 6) is -0.438. The number of likely N-dealkylation sites (tertiary alicyclic amines) is 1. The van der Waals surface area contributed by atoms with Gasteiger partial charge < -0.3 is 15.0 Å². The minimum atomic E-state index is -0.227. The van der Waals surface area contributed by atoms with Gasteiger partial charge in [0.25, 0.3) is 0 Å². The Morgan fingerprint density at radius 2 is 1.77 bits per heavy atom. The number of hydrogen-bond acceptors (Lipinski definition) is 3. The van der Waals surface area contributed by atoms with Crippen LogP contribution in [-0.4, -0.2) is 36.6 Å². The first kappa shape index (κ1) is 18.0. The Labute approximate surface area is 154 Å². The molecule has 5 nitrogen and oxygen atoms in total. The zero-order valence-electron chi connectivity index (χ0n) is 15.0. The van der Waals surface area contributed by atoms with Gasteiger partial charge in [-0.3, -0.25) is 4.79 Å². The summed E-state index contributed by atoms with van der Waals surface area (Å²) in [7, 11) is 0. The third kappa shape index (κ3) is 4.42. The molecule has 0 bridgehead atoms. The van der Waals surface area contributed by atoms with Gasteiger partial charge in [-0.25, -0.2) is 4.79 Å². The van der Waals surface area contributed by atoms with Crippen molar-refractivity contribution in [3.63, 3.8) is 0 Å². The molecule has 1 atom stereocenters. The monoisotopic (exact) mass is 352 g/mol. The van der Waals surface area contributed by atoms with Crippen LogP contribution < -0.4 is 5.32 Å². The van der Waals surface area contributed by atoms with Gasteiger partial charge in [0.15, 0.2) is 0 Å². The Balaban J connectivity index is 1.60. The van der Waals surface area contributed by atoms with E-state index in [0.717, 1.165) is 29.7 Å². The third-order valence-corrected chi connectivity index (χ3v) is 4.57. The predicted octanol–water partition coefficient (Wildman–Crippen LogP) is 4.16. The summed E-state index contributed by atoms with van der Waals surface area (Å²) in [5.41, 5.74) is 2.98. The molecule has 0 aliphatic carbocycles. The average Bonchev–Trinajstić information content (AvgIpc) is 2.69. The molecule has 1 heterocycles. The van der Waals surface area contributed by atoms with Crippen LogP contribution in [0.4, 0.5) is 10.5 Å². The Hall–Kier alpha value is -2.82. The van der Waals surface area contributed by atoms with Crippen molar-refractivity contribution in [3.8, 4) is 11.1 Å². The Kier molecular flexibility index (Phi) is 5.89. The third-order valence-electron chi connectivity index (χ3n) is 4.57. The van der Waals surface area contributed by atoms with Crippen LogP contribution in [0, 0.1) is 5.92 Å². The summed E-state index contributed by atoms with van der Waals surface area (Å²) in [6.45, 7) is 3.23. The molecule has 1 aliphatic rings. The second-order valence-corrected chi connectivity index (χ2v) is 6.41. The molecule has 1 saturated heterocycles. The number of carbonyl (C=O) groups excluding carboxylic acids is 2. The molecule has 0 spiro atoms. The van der Waals surface area contributed by atoms with Crippen molar-refractivity contribution < 1.29 is 14.3 Å². The van der Waals surface area contributed by atoms with Crippen molar-refractivity contribution in [2.75, 3.05) is 25.0 Å². The van der Waals surface area contributed by atoms with E-state index in [1.165, 1.54) is 0 Å². The predicted molar refractivity (Wildman–Crippen MR) is 102 cm³/mol. The van der Waals surface area contributed by atoms with Crippen molar-refractivity contribution >= 4 is 17.7 Å². The van der Waals surface area contributed by atoms with Crippen molar-refractivity contribution in [2.45, 2.75) is 19.8 Å². The minimum Gasteiger partial charge on any atom is -0.466 e. The number of hydrogen-bond donors (Lipinski definition) is 1. The SMILES string of the molecule is CCOC(=O)C1CCCN(C(=O)Nc2ccc(-c3ccccc3)cc2)C1. The number of nitrogens with zero attached hydrogens (tertiary/aromatic N) is 1. The highest BCUT2D eigenvalue weighted by molar-refractivity contribution is 5.90. The van der Waals surface area contributed by atoms with E-state index in [-0.39, 0.29) is 17.9 Å². The maximum Gasteiger partial charge on any atom is 0.321 e. The number of benzene rings is 2. The summed E-state index contributed by atoms with van der Waals surface area (Å²) in [5, 5.41) is 2.92. The quantitative estimate of drug-likeness (QED) is 0.841. The smallest absolute Gasteiger partial charge is 0.321 e. The number of amides is 2. The Morgan fingerprint density at radius 1 is 1.08 bits per heavy atom. The van der Waals surface area contributed by atoms with Crippen molar-refractivity contribution in [2.24, 2.45) is 5.92 Å². The number of ether oxygens (including phenoxy) is 1. The summed E-state index contributed by atoms with van der Waals surface area (Å²) in [4.78, 5) is 26.1. The van der Waals surface area contributed by atoms with Crippen LogP contribution in [0.5, 0.6) is 0 Å². The molecule has 1 N–H and O–H groups in total. The molecule has 136 valence electrons.